The van der Waals surface area contributed by atoms with E-state index in [2.05, 4.69) is 5.32 Å². The Kier molecular flexibility index (Phi) is 5.54. The van der Waals surface area contributed by atoms with Gasteiger partial charge >= 0.3 is 0 Å². The standard InChI is InChI=1S/C14H21NO3S/c1-4-8-11(3)15-14(16)12-9-6-7-10-13(12)19(17,18)5-2/h6-7,9-11H,4-5,8H2,1-3H3,(H,15,16). The van der Waals surface area contributed by atoms with Gasteiger partial charge in [-0.2, -0.15) is 0 Å². The summed E-state index contributed by atoms with van der Waals surface area (Å²) in [4.78, 5) is 12.2. The van der Waals surface area contributed by atoms with Crippen LogP contribution in [0.2, 0.25) is 0 Å². The van der Waals surface area contributed by atoms with Gasteiger partial charge in [-0.25, -0.2) is 8.42 Å². The predicted octanol–water partition coefficient (Wildman–Crippen LogP) is 2.40. The Balaban J connectivity index is 3.05. The zero-order chi connectivity index (χ0) is 14.5. The summed E-state index contributed by atoms with van der Waals surface area (Å²) in [6.07, 6.45) is 1.84. The van der Waals surface area contributed by atoms with E-state index in [1.54, 1.807) is 25.1 Å². The molecule has 0 heterocycles. The third-order valence-corrected chi connectivity index (χ3v) is 4.73. The minimum Gasteiger partial charge on any atom is -0.350 e. The van der Waals surface area contributed by atoms with E-state index in [9.17, 15) is 13.2 Å². The number of carbonyl (C=O) groups is 1. The van der Waals surface area contributed by atoms with Crippen LogP contribution in [0.4, 0.5) is 0 Å². The molecule has 0 aliphatic rings. The number of nitrogens with one attached hydrogen (secondary N) is 1. The van der Waals surface area contributed by atoms with E-state index >= 15 is 0 Å². The lowest BCUT2D eigenvalue weighted by molar-refractivity contribution is 0.0935. The molecule has 1 rings (SSSR count). The van der Waals surface area contributed by atoms with Crippen LogP contribution in [0.5, 0.6) is 0 Å². The fourth-order valence-electron chi connectivity index (χ4n) is 1.89. The van der Waals surface area contributed by atoms with Crippen LogP contribution >= 0.6 is 0 Å². The molecule has 1 atom stereocenters. The van der Waals surface area contributed by atoms with Crippen molar-refractivity contribution in [2.24, 2.45) is 0 Å². The molecule has 1 N–H and O–H groups in total. The largest absolute Gasteiger partial charge is 0.350 e. The topological polar surface area (TPSA) is 63.2 Å². The maximum absolute atomic E-state index is 12.1. The van der Waals surface area contributed by atoms with Crippen LogP contribution in [0.3, 0.4) is 0 Å². The number of hydrogen-bond donors (Lipinski definition) is 1. The lowest BCUT2D eigenvalue weighted by Crippen LogP contribution is -2.33. The van der Waals surface area contributed by atoms with Crippen LogP contribution in [0.1, 0.15) is 44.0 Å². The number of rotatable bonds is 6. The molecule has 1 aromatic carbocycles. The molecule has 1 aromatic rings. The van der Waals surface area contributed by atoms with Crippen molar-refractivity contribution in [3.05, 3.63) is 29.8 Å². The van der Waals surface area contributed by atoms with E-state index in [-0.39, 0.29) is 28.2 Å². The highest BCUT2D eigenvalue weighted by atomic mass is 32.2. The summed E-state index contributed by atoms with van der Waals surface area (Å²) in [5.41, 5.74) is 0.229. The maximum Gasteiger partial charge on any atom is 0.252 e. The third-order valence-electron chi connectivity index (χ3n) is 2.95. The summed E-state index contributed by atoms with van der Waals surface area (Å²) in [5.74, 6) is -0.337. The van der Waals surface area contributed by atoms with Crippen molar-refractivity contribution in [2.75, 3.05) is 5.75 Å². The SMILES string of the molecule is CCCC(C)NC(=O)c1ccccc1S(=O)(=O)CC. The average Bonchev–Trinajstić information content (AvgIpc) is 2.39. The lowest BCUT2D eigenvalue weighted by atomic mass is 10.1. The summed E-state index contributed by atoms with van der Waals surface area (Å²) in [6, 6.07) is 6.38. The van der Waals surface area contributed by atoms with Crippen molar-refractivity contribution in [1.29, 1.82) is 0 Å². The third kappa shape index (κ3) is 4.06. The molecule has 5 heteroatoms. The first-order valence-corrected chi connectivity index (χ1v) is 8.20. The summed E-state index contributed by atoms with van der Waals surface area (Å²) >= 11 is 0. The fourth-order valence-corrected chi connectivity index (χ4v) is 2.98. The molecule has 1 amide bonds. The molecule has 19 heavy (non-hydrogen) atoms. The van der Waals surface area contributed by atoms with E-state index in [1.807, 2.05) is 13.8 Å². The molecule has 0 saturated carbocycles. The van der Waals surface area contributed by atoms with E-state index in [1.165, 1.54) is 6.07 Å². The van der Waals surface area contributed by atoms with Gasteiger partial charge in [-0.15, -0.1) is 0 Å². The van der Waals surface area contributed by atoms with Crippen LogP contribution in [-0.4, -0.2) is 26.1 Å². The Bertz CT molecular complexity index is 537. The molecule has 0 bridgehead atoms. The van der Waals surface area contributed by atoms with Crippen molar-refractivity contribution in [3.8, 4) is 0 Å². The summed E-state index contributed by atoms with van der Waals surface area (Å²) in [6.45, 7) is 5.53. The summed E-state index contributed by atoms with van der Waals surface area (Å²) < 4.78 is 23.9. The molecule has 0 saturated heterocycles. The van der Waals surface area contributed by atoms with Gasteiger partial charge in [0.25, 0.3) is 5.91 Å². The van der Waals surface area contributed by atoms with E-state index < -0.39 is 9.84 Å². The van der Waals surface area contributed by atoms with Crippen molar-refractivity contribution in [1.82, 2.24) is 5.32 Å². The highest BCUT2D eigenvalue weighted by molar-refractivity contribution is 7.91. The Morgan fingerprint density at radius 3 is 2.47 bits per heavy atom. The summed E-state index contributed by atoms with van der Waals surface area (Å²) in [7, 11) is -3.38. The highest BCUT2D eigenvalue weighted by Gasteiger charge is 2.21. The Labute approximate surface area is 115 Å². The monoisotopic (exact) mass is 283 g/mol. The molecule has 0 radical (unpaired) electrons. The first-order chi connectivity index (χ1) is 8.92. The molecule has 0 aliphatic heterocycles. The van der Waals surface area contributed by atoms with Gasteiger partial charge < -0.3 is 5.32 Å². The lowest BCUT2D eigenvalue weighted by Gasteiger charge is -2.14. The van der Waals surface area contributed by atoms with Crippen molar-refractivity contribution >= 4 is 15.7 Å². The fraction of sp³-hybridized carbons (Fsp3) is 0.500. The molecule has 1 unspecified atom stereocenters. The maximum atomic E-state index is 12.1. The number of sulfone groups is 1. The molecular weight excluding hydrogens is 262 g/mol. The van der Waals surface area contributed by atoms with E-state index in [0.29, 0.717) is 0 Å². The van der Waals surface area contributed by atoms with Crippen LogP contribution in [0, 0.1) is 0 Å². The number of amides is 1. The van der Waals surface area contributed by atoms with Gasteiger partial charge in [-0.1, -0.05) is 32.4 Å². The van der Waals surface area contributed by atoms with Gasteiger partial charge in [0, 0.05) is 6.04 Å². The molecule has 0 aromatic heterocycles. The minimum absolute atomic E-state index is 0.0121. The van der Waals surface area contributed by atoms with Gasteiger partial charge in [-0.3, -0.25) is 4.79 Å². The Morgan fingerprint density at radius 1 is 1.26 bits per heavy atom. The number of hydrogen-bond acceptors (Lipinski definition) is 3. The zero-order valence-corrected chi connectivity index (χ0v) is 12.5. The number of benzene rings is 1. The van der Waals surface area contributed by atoms with Crippen LogP contribution in [-0.2, 0) is 9.84 Å². The van der Waals surface area contributed by atoms with Crippen molar-refractivity contribution < 1.29 is 13.2 Å². The quantitative estimate of drug-likeness (QED) is 0.872. The first kappa shape index (κ1) is 15.7. The minimum atomic E-state index is -3.38. The van der Waals surface area contributed by atoms with Crippen LogP contribution < -0.4 is 5.32 Å². The van der Waals surface area contributed by atoms with E-state index in [0.717, 1.165) is 12.8 Å². The Morgan fingerprint density at radius 2 is 1.89 bits per heavy atom. The average molecular weight is 283 g/mol. The highest BCUT2D eigenvalue weighted by Crippen LogP contribution is 2.17. The second-order valence-corrected chi connectivity index (χ2v) is 6.81. The number of carbonyl (C=O) groups excluding carboxylic acids is 1. The molecule has 106 valence electrons. The molecule has 0 fully saturated rings. The van der Waals surface area contributed by atoms with Crippen LogP contribution in [0.15, 0.2) is 29.2 Å². The molecular formula is C14H21NO3S. The van der Waals surface area contributed by atoms with Crippen molar-refractivity contribution in [2.45, 2.75) is 44.6 Å². The predicted molar refractivity (Wildman–Crippen MR) is 76.0 cm³/mol. The normalized spacial score (nSPS) is 13.0. The molecule has 4 nitrogen and oxygen atoms in total. The molecule has 0 spiro atoms. The first-order valence-electron chi connectivity index (χ1n) is 6.55. The second kappa shape index (κ2) is 6.70. The van der Waals surface area contributed by atoms with Gasteiger partial charge in [0.1, 0.15) is 0 Å². The van der Waals surface area contributed by atoms with Gasteiger partial charge in [-0.05, 0) is 25.5 Å². The van der Waals surface area contributed by atoms with Crippen LogP contribution in [0.25, 0.3) is 0 Å². The van der Waals surface area contributed by atoms with Gasteiger partial charge in [0.2, 0.25) is 0 Å². The molecule has 0 aliphatic carbocycles. The van der Waals surface area contributed by atoms with E-state index in [4.69, 9.17) is 0 Å². The van der Waals surface area contributed by atoms with Gasteiger partial charge in [0.15, 0.2) is 9.84 Å². The zero-order valence-electron chi connectivity index (χ0n) is 11.6. The second-order valence-electron chi connectivity index (χ2n) is 4.56. The van der Waals surface area contributed by atoms with Crippen molar-refractivity contribution in [3.63, 3.8) is 0 Å². The summed E-state index contributed by atoms with van der Waals surface area (Å²) in [5, 5.41) is 2.83. The van der Waals surface area contributed by atoms with Gasteiger partial charge in [0.05, 0.1) is 16.2 Å². The smallest absolute Gasteiger partial charge is 0.252 e. The Hall–Kier alpha value is -1.36.